The van der Waals surface area contributed by atoms with E-state index >= 15 is 0 Å². The van der Waals surface area contributed by atoms with Crippen LogP contribution >= 0.6 is 23.1 Å². The highest BCUT2D eigenvalue weighted by Crippen LogP contribution is 2.27. The van der Waals surface area contributed by atoms with Gasteiger partial charge < -0.3 is 14.4 Å². The predicted molar refractivity (Wildman–Crippen MR) is 98.4 cm³/mol. The predicted octanol–water partition coefficient (Wildman–Crippen LogP) is 2.28. The quantitative estimate of drug-likeness (QED) is 0.735. The van der Waals surface area contributed by atoms with Crippen molar-refractivity contribution in [2.24, 2.45) is 0 Å². The normalized spacial score (nSPS) is 15.8. The largest absolute Gasteiger partial charge is 0.339 e. The topological polar surface area (TPSA) is 54.3 Å². The summed E-state index contributed by atoms with van der Waals surface area (Å²) in [4.78, 5) is 17.9. The molecule has 24 heavy (non-hydrogen) atoms. The number of nitrogens with zero attached hydrogens (tertiary/aromatic N) is 5. The lowest BCUT2D eigenvalue weighted by molar-refractivity contribution is -0.130. The minimum absolute atomic E-state index is 0.194. The van der Waals surface area contributed by atoms with Crippen molar-refractivity contribution in [2.45, 2.75) is 25.5 Å². The number of likely N-dealkylation sites (N-methyl/N-ethyl adjacent to an activating group) is 1. The number of carbonyl (C=O) groups is 1. The van der Waals surface area contributed by atoms with Gasteiger partial charge in [0.25, 0.3) is 0 Å². The lowest BCUT2D eigenvalue weighted by Crippen LogP contribution is -2.49. The smallest absolute Gasteiger partial charge is 0.233 e. The third kappa shape index (κ3) is 3.81. The molecule has 130 valence electrons. The first kappa shape index (κ1) is 17.4. The molecular formula is C16H23N5OS2. The molecule has 3 rings (SSSR count). The Morgan fingerprint density at radius 1 is 1.21 bits per heavy atom. The fourth-order valence-corrected chi connectivity index (χ4v) is 4.42. The molecule has 1 fully saturated rings. The molecule has 0 saturated carbocycles. The van der Waals surface area contributed by atoms with E-state index in [4.69, 9.17) is 0 Å². The van der Waals surface area contributed by atoms with Crippen molar-refractivity contribution in [1.82, 2.24) is 24.6 Å². The Kier molecular flexibility index (Phi) is 5.91. The molecule has 1 amide bonds. The van der Waals surface area contributed by atoms with E-state index in [9.17, 15) is 4.79 Å². The number of carbonyl (C=O) groups excluding carboxylic acids is 1. The number of rotatable bonds is 6. The molecule has 6 nitrogen and oxygen atoms in total. The standard InChI is InChI=1S/C16H23N5OS2/c1-3-19-7-9-20(10-8-19)14(22)12-24-16-18-17-15(21(16)4-2)13-6-5-11-23-13/h5-6,11H,3-4,7-10,12H2,1-2H3. The number of amides is 1. The van der Waals surface area contributed by atoms with E-state index in [0.29, 0.717) is 5.75 Å². The average molecular weight is 366 g/mol. The Morgan fingerprint density at radius 3 is 2.62 bits per heavy atom. The van der Waals surface area contributed by atoms with Crippen LogP contribution in [0.1, 0.15) is 13.8 Å². The van der Waals surface area contributed by atoms with E-state index in [1.54, 1.807) is 11.3 Å². The number of piperazine rings is 1. The van der Waals surface area contributed by atoms with Gasteiger partial charge in [-0.05, 0) is 24.9 Å². The molecule has 3 heterocycles. The zero-order valence-electron chi connectivity index (χ0n) is 14.1. The van der Waals surface area contributed by atoms with Crippen LogP contribution in [-0.2, 0) is 11.3 Å². The number of thioether (sulfide) groups is 1. The summed E-state index contributed by atoms with van der Waals surface area (Å²) in [6.45, 7) is 9.70. The van der Waals surface area contributed by atoms with E-state index in [2.05, 4.69) is 33.5 Å². The fraction of sp³-hybridized carbons (Fsp3) is 0.562. The molecule has 0 atom stereocenters. The van der Waals surface area contributed by atoms with Crippen LogP contribution in [0.2, 0.25) is 0 Å². The molecule has 2 aromatic heterocycles. The molecule has 0 spiro atoms. The van der Waals surface area contributed by atoms with Crippen molar-refractivity contribution in [3.8, 4) is 10.7 Å². The average Bonchev–Trinajstić information content (AvgIpc) is 3.28. The van der Waals surface area contributed by atoms with Gasteiger partial charge in [-0.25, -0.2) is 0 Å². The van der Waals surface area contributed by atoms with E-state index < -0.39 is 0 Å². The summed E-state index contributed by atoms with van der Waals surface area (Å²) in [5.74, 6) is 1.51. The van der Waals surface area contributed by atoms with Gasteiger partial charge in [0, 0.05) is 32.7 Å². The molecule has 8 heteroatoms. The summed E-state index contributed by atoms with van der Waals surface area (Å²) in [5.41, 5.74) is 0. The van der Waals surface area contributed by atoms with Crippen LogP contribution in [0, 0.1) is 0 Å². The van der Waals surface area contributed by atoms with Crippen molar-refractivity contribution in [2.75, 3.05) is 38.5 Å². The summed E-state index contributed by atoms with van der Waals surface area (Å²) in [6.07, 6.45) is 0. The van der Waals surface area contributed by atoms with Crippen LogP contribution in [0.15, 0.2) is 22.7 Å². The van der Waals surface area contributed by atoms with Crippen molar-refractivity contribution in [3.05, 3.63) is 17.5 Å². The summed E-state index contributed by atoms with van der Waals surface area (Å²) in [6, 6.07) is 4.06. The summed E-state index contributed by atoms with van der Waals surface area (Å²) in [7, 11) is 0. The molecule has 1 aliphatic heterocycles. The monoisotopic (exact) mass is 365 g/mol. The molecule has 0 N–H and O–H groups in total. The minimum atomic E-state index is 0.194. The van der Waals surface area contributed by atoms with Gasteiger partial charge in [-0.2, -0.15) is 0 Å². The molecule has 0 bridgehead atoms. The van der Waals surface area contributed by atoms with Crippen LogP contribution < -0.4 is 0 Å². The number of thiophene rings is 1. The van der Waals surface area contributed by atoms with Crippen LogP contribution in [0.5, 0.6) is 0 Å². The summed E-state index contributed by atoms with van der Waals surface area (Å²) in [5, 5.41) is 11.5. The SMILES string of the molecule is CCN1CCN(C(=O)CSc2nnc(-c3cccs3)n2CC)CC1. The lowest BCUT2D eigenvalue weighted by atomic mass is 10.3. The van der Waals surface area contributed by atoms with Gasteiger partial charge in [-0.3, -0.25) is 4.79 Å². The summed E-state index contributed by atoms with van der Waals surface area (Å²) >= 11 is 3.14. The maximum absolute atomic E-state index is 12.4. The highest BCUT2D eigenvalue weighted by molar-refractivity contribution is 7.99. The van der Waals surface area contributed by atoms with E-state index in [1.807, 2.05) is 22.4 Å². The number of hydrogen-bond donors (Lipinski definition) is 0. The first-order valence-electron chi connectivity index (χ1n) is 8.33. The first-order valence-corrected chi connectivity index (χ1v) is 10.2. The maximum Gasteiger partial charge on any atom is 0.233 e. The van der Waals surface area contributed by atoms with Gasteiger partial charge in [0.05, 0.1) is 10.6 Å². The highest BCUT2D eigenvalue weighted by atomic mass is 32.2. The van der Waals surface area contributed by atoms with Crippen LogP contribution in [-0.4, -0.2) is 68.9 Å². The molecule has 0 radical (unpaired) electrons. The molecule has 1 saturated heterocycles. The third-order valence-corrected chi connectivity index (χ3v) is 6.09. The van der Waals surface area contributed by atoms with Crippen molar-refractivity contribution < 1.29 is 4.79 Å². The zero-order valence-corrected chi connectivity index (χ0v) is 15.8. The second-order valence-electron chi connectivity index (χ2n) is 5.63. The van der Waals surface area contributed by atoms with E-state index in [-0.39, 0.29) is 5.91 Å². The van der Waals surface area contributed by atoms with E-state index in [1.165, 1.54) is 11.8 Å². The molecule has 0 aliphatic carbocycles. The minimum Gasteiger partial charge on any atom is -0.339 e. The maximum atomic E-state index is 12.4. The Hall–Kier alpha value is -1.38. The Balaban J connectivity index is 1.60. The molecule has 1 aliphatic rings. The fourth-order valence-electron chi connectivity index (χ4n) is 2.80. The van der Waals surface area contributed by atoms with Crippen molar-refractivity contribution in [3.63, 3.8) is 0 Å². The zero-order chi connectivity index (χ0) is 16.9. The Morgan fingerprint density at radius 2 is 2.00 bits per heavy atom. The van der Waals surface area contributed by atoms with Gasteiger partial charge in [0.1, 0.15) is 0 Å². The lowest BCUT2D eigenvalue weighted by Gasteiger charge is -2.34. The van der Waals surface area contributed by atoms with Gasteiger partial charge in [0.2, 0.25) is 5.91 Å². The molecular weight excluding hydrogens is 342 g/mol. The van der Waals surface area contributed by atoms with Crippen LogP contribution in [0.3, 0.4) is 0 Å². The van der Waals surface area contributed by atoms with Crippen LogP contribution in [0.4, 0.5) is 0 Å². The van der Waals surface area contributed by atoms with Crippen molar-refractivity contribution >= 4 is 29.0 Å². The van der Waals surface area contributed by atoms with Crippen LogP contribution in [0.25, 0.3) is 10.7 Å². The second kappa shape index (κ2) is 8.13. The Labute approximate surface area is 150 Å². The first-order chi connectivity index (χ1) is 11.7. The number of hydrogen-bond acceptors (Lipinski definition) is 6. The van der Waals surface area contributed by atoms with Gasteiger partial charge in [0.15, 0.2) is 11.0 Å². The summed E-state index contributed by atoms with van der Waals surface area (Å²) < 4.78 is 2.08. The Bertz CT molecular complexity index is 662. The molecule has 2 aromatic rings. The highest BCUT2D eigenvalue weighted by Gasteiger charge is 2.21. The van der Waals surface area contributed by atoms with Crippen molar-refractivity contribution in [1.29, 1.82) is 0 Å². The van der Waals surface area contributed by atoms with Gasteiger partial charge in [-0.15, -0.1) is 21.5 Å². The number of aromatic nitrogens is 3. The molecule has 0 unspecified atom stereocenters. The van der Waals surface area contributed by atoms with Gasteiger partial charge in [-0.1, -0.05) is 24.8 Å². The van der Waals surface area contributed by atoms with E-state index in [0.717, 1.165) is 55.1 Å². The second-order valence-corrected chi connectivity index (χ2v) is 7.52. The van der Waals surface area contributed by atoms with Gasteiger partial charge >= 0.3 is 0 Å². The third-order valence-electron chi connectivity index (χ3n) is 4.27. The molecule has 0 aromatic carbocycles.